The summed E-state index contributed by atoms with van der Waals surface area (Å²) >= 11 is 0. The lowest BCUT2D eigenvalue weighted by Gasteiger charge is -2.15. The van der Waals surface area contributed by atoms with Gasteiger partial charge in [-0.3, -0.25) is 0 Å². The van der Waals surface area contributed by atoms with Gasteiger partial charge >= 0.3 is 0 Å². The highest BCUT2D eigenvalue weighted by molar-refractivity contribution is 5.31. The maximum absolute atomic E-state index is 8.55. The first-order chi connectivity index (χ1) is 10.1. The summed E-state index contributed by atoms with van der Waals surface area (Å²) in [7, 11) is 0. The van der Waals surface area contributed by atoms with Crippen LogP contribution in [0.4, 0.5) is 0 Å². The molecule has 0 aromatic carbocycles. The van der Waals surface area contributed by atoms with Crippen molar-refractivity contribution >= 4 is 0 Å². The van der Waals surface area contributed by atoms with Crippen LogP contribution in [-0.2, 0) is 10.8 Å². The first-order valence-electron chi connectivity index (χ1n) is 7.12. The lowest BCUT2D eigenvalue weighted by Crippen LogP contribution is -2.13. The first-order valence-corrected chi connectivity index (χ1v) is 7.12. The number of hydrogen-bond acceptors (Lipinski definition) is 3. The standard InChI is InChI=1S/C9H12N2.C8H11N3/c1-9(2,3)8-4-7(5-10)6-11-8;1-8(2,3)7-10-5-6(4-9)11-7/h4,6,11H,1-3H3;5H,1-3H3,(H,10,11). The zero-order valence-electron chi connectivity index (χ0n) is 14.1. The summed E-state index contributed by atoms with van der Waals surface area (Å²) in [5.41, 5.74) is 2.43. The van der Waals surface area contributed by atoms with Gasteiger partial charge in [0.05, 0.1) is 11.8 Å². The van der Waals surface area contributed by atoms with E-state index in [9.17, 15) is 0 Å². The average molecular weight is 297 g/mol. The van der Waals surface area contributed by atoms with Crippen LogP contribution in [0.2, 0.25) is 0 Å². The predicted octanol–water partition coefficient (Wildman–Crippen LogP) is 3.76. The molecular formula is C17H23N5. The Balaban J connectivity index is 0.000000220. The third-order valence-electron chi connectivity index (χ3n) is 3.03. The van der Waals surface area contributed by atoms with Crippen molar-refractivity contribution in [3.05, 3.63) is 41.2 Å². The van der Waals surface area contributed by atoms with Crippen LogP contribution in [0.3, 0.4) is 0 Å². The van der Waals surface area contributed by atoms with Crippen molar-refractivity contribution in [2.24, 2.45) is 0 Å². The van der Waals surface area contributed by atoms with Gasteiger partial charge in [-0.25, -0.2) is 4.98 Å². The average Bonchev–Trinajstić information content (AvgIpc) is 3.07. The summed E-state index contributed by atoms with van der Waals surface area (Å²) in [6.07, 6.45) is 3.29. The highest BCUT2D eigenvalue weighted by Gasteiger charge is 2.17. The van der Waals surface area contributed by atoms with Crippen LogP contribution in [0.15, 0.2) is 18.5 Å². The summed E-state index contributed by atoms with van der Waals surface area (Å²) in [6, 6.07) is 5.98. The minimum absolute atomic E-state index is 0.00486. The van der Waals surface area contributed by atoms with Crippen LogP contribution in [0.25, 0.3) is 0 Å². The van der Waals surface area contributed by atoms with E-state index in [0.717, 1.165) is 11.5 Å². The van der Waals surface area contributed by atoms with Gasteiger partial charge in [0.2, 0.25) is 0 Å². The van der Waals surface area contributed by atoms with Crippen LogP contribution < -0.4 is 0 Å². The molecule has 116 valence electrons. The number of nitrogens with one attached hydrogen (secondary N) is 2. The van der Waals surface area contributed by atoms with Gasteiger partial charge in [0.1, 0.15) is 23.7 Å². The summed E-state index contributed by atoms with van der Waals surface area (Å²) in [4.78, 5) is 10.1. The Morgan fingerprint density at radius 2 is 1.64 bits per heavy atom. The van der Waals surface area contributed by atoms with Gasteiger partial charge in [0.15, 0.2) is 0 Å². The van der Waals surface area contributed by atoms with Crippen LogP contribution >= 0.6 is 0 Å². The largest absolute Gasteiger partial charge is 0.363 e. The number of rotatable bonds is 0. The zero-order chi connectivity index (χ0) is 17.0. The minimum atomic E-state index is -0.00486. The molecule has 0 aliphatic carbocycles. The lowest BCUT2D eigenvalue weighted by atomic mass is 9.92. The van der Waals surface area contributed by atoms with Crippen molar-refractivity contribution < 1.29 is 0 Å². The third kappa shape index (κ3) is 4.79. The number of H-pyrrole nitrogens is 2. The van der Waals surface area contributed by atoms with Crippen LogP contribution in [0, 0.1) is 22.7 Å². The molecule has 2 aromatic rings. The van der Waals surface area contributed by atoms with E-state index in [0.29, 0.717) is 11.3 Å². The molecule has 2 rings (SSSR count). The quantitative estimate of drug-likeness (QED) is 0.775. The molecule has 0 spiro atoms. The number of nitriles is 2. The van der Waals surface area contributed by atoms with Gasteiger partial charge in [0, 0.05) is 22.7 Å². The summed E-state index contributed by atoms with van der Waals surface area (Å²) in [6.45, 7) is 12.5. The molecule has 0 bridgehead atoms. The monoisotopic (exact) mass is 297 g/mol. The first kappa shape index (κ1) is 17.5. The Labute approximate surface area is 132 Å². The van der Waals surface area contributed by atoms with Crippen molar-refractivity contribution in [3.63, 3.8) is 0 Å². The third-order valence-corrected chi connectivity index (χ3v) is 3.03. The predicted molar refractivity (Wildman–Crippen MR) is 86.2 cm³/mol. The van der Waals surface area contributed by atoms with E-state index in [1.807, 2.05) is 32.9 Å². The summed E-state index contributed by atoms with van der Waals surface area (Å²) in [5.74, 6) is 0.856. The molecule has 0 unspecified atom stereocenters. The second kappa shape index (κ2) is 6.49. The molecule has 2 aromatic heterocycles. The fourth-order valence-corrected chi connectivity index (χ4v) is 1.65. The SMILES string of the molecule is CC(C)(C)c1cc(C#N)c[nH]1.CC(C)(C)c1ncc(C#N)[nH]1. The van der Waals surface area contributed by atoms with Gasteiger partial charge in [0.25, 0.3) is 0 Å². The van der Waals surface area contributed by atoms with Gasteiger partial charge in [-0.05, 0) is 6.07 Å². The van der Waals surface area contributed by atoms with Gasteiger partial charge in [-0.1, -0.05) is 41.5 Å². The number of nitrogens with zero attached hydrogens (tertiary/aromatic N) is 3. The molecule has 0 fully saturated rings. The molecule has 5 heteroatoms. The van der Waals surface area contributed by atoms with Crippen molar-refractivity contribution in [1.82, 2.24) is 15.0 Å². The van der Waals surface area contributed by atoms with Gasteiger partial charge < -0.3 is 9.97 Å². The van der Waals surface area contributed by atoms with E-state index in [4.69, 9.17) is 10.5 Å². The number of hydrogen-bond donors (Lipinski definition) is 2. The molecule has 0 saturated carbocycles. The molecule has 0 atom stereocenters. The fourth-order valence-electron chi connectivity index (χ4n) is 1.65. The molecule has 2 N–H and O–H groups in total. The Kier molecular flexibility index (Phi) is 5.17. The summed E-state index contributed by atoms with van der Waals surface area (Å²) < 4.78 is 0. The van der Waals surface area contributed by atoms with Crippen molar-refractivity contribution in [2.75, 3.05) is 0 Å². The Hall–Kier alpha value is -2.53. The maximum Gasteiger partial charge on any atom is 0.137 e. The second-order valence-corrected chi connectivity index (χ2v) is 7.17. The Bertz CT molecular complexity index is 631. The molecule has 0 radical (unpaired) electrons. The maximum atomic E-state index is 8.55. The molecule has 0 amide bonds. The molecule has 2 heterocycles. The smallest absolute Gasteiger partial charge is 0.137 e. The van der Waals surface area contributed by atoms with Crippen molar-refractivity contribution in [2.45, 2.75) is 52.4 Å². The zero-order valence-corrected chi connectivity index (χ0v) is 14.1. The van der Waals surface area contributed by atoms with Crippen molar-refractivity contribution in [1.29, 1.82) is 10.5 Å². The fraction of sp³-hybridized carbons (Fsp3) is 0.471. The second-order valence-electron chi connectivity index (χ2n) is 7.17. The van der Waals surface area contributed by atoms with Crippen LogP contribution in [0.5, 0.6) is 0 Å². The van der Waals surface area contributed by atoms with E-state index in [1.54, 1.807) is 12.4 Å². The molecule has 22 heavy (non-hydrogen) atoms. The molecule has 0 saturated heterocycles. The molecule has 0 aliphatic rings. The van der Waals surface area contributed by atoms with E-state index in [2.05, 4.69) is 41.8 Å². The summed E-state index contributed by atoms with van der Waals surface area (Å²) in [5, 5.41) is 17.0. The highest BCUT2D eigenvalue weighted by Crippen LogP contribution is 2.21. The van der Waals surface area contributed by atoms with E-state index in [-0.39, 0.29) is 10.8 Å². The normalized spacial score (nSPS) is 11.1. The van der Waals surface area contributed by atoms with E-state index in [1.165, 1.54) is 0 Å². The molecule has 0 aliphatic heterocycles. The lowest BCUT2D eigenvalue weighted by molar-refractivity contribution is 0.552. The van der Waals surface area contributed by atoms with Gasteiger partial charge in [-0.2, -0.15) is 10.5 Å². The van der Waals surface area contributed by atoms with E-state index < -0.39 is 0 Å². The van der Waals surface area contributed by atoms with Crippen molar-refractivity contribution in [3.8, 4) is 12.1 Å². The number of imidazole rings is 1. The minimum Gasteiger partial charge on any atom is -0.363 e. The Morgan fingerprint density at radius 3 is 1.91 bits per heavy atom. The topological polar surface area (TPSA) is 92.0 Å². The molecule has 5 nitrogen and oxygen atoms in total. The Morgan fingerprint density at radius 1 is 1.00 bits per heavy atom. The van der Waals surface area contributed by atoms with Crippen LogP contribution in [0.1, 0.15) is 64.3 Å². The number of aromatic nitrogens is 3. The number of aromatic amines is 2. The highest BCUT2D eigenvalue weighted by atomic mass is 14.9. The van der Waals surface area contributed by atoms with Gasteiger partial charge in [-0.15, -0.1) is 0 Å². The molecular weight excluding hydrogens is 274 g/mol. The van der Waals surface area contributed by atoms with E-state index >= 15 is 0 Å². The van der Waals surface area contributed by atoms with Crippen LogP contribution in [-0.4, -0.2) is 15.0 Å².